The molecule has 3 heteroatoms. The number of nitrogens with zero attached hydrogens (tertiary/aromatic N) is 1. The van der Waals surface area contributed by atoms with Crippen LogP contribution in [0, 0.1) is 11.8 Å². The second kappa shape index (κ2) is 6.40. The van der Waals surface area contributed by atoms with Crippen molar-refractivity contribution >= 4 is 11.6 Å². The third-order valence-corrected chi connectivity index (χ3v) is 4.65. The first kappa shape index (κ1) is 13.6. The Morgan fingerprint density at radius 3 is 2.55 bits per heavy atom. The van der Waals surface area contributed by atoms with E-state index < -0.39 is 0 Å². The molecule has 0 spiro atoms. The van der Waals surface area contributed by atoms with Gasteiger partial charge in [0.1, 0.15) is 0 Å². The largest absolute Gasteiger partial charge is 0.316 e. The second-order valence-electron chi connectivity index (χ2n) is 6.12. The summed E-state index contributed by atoms with van der Waals surface area (Å²) in [5.41, 5.74) is 1.06. The maximum Gasteiger partial charge on any atom is 0.231 e. The zero-order valence-electron chi connectivity index (χ0n) is 12.1. The Labute approximate surface area is 121 Å². The topological polar surface area (TPSA) is 32.3 Å². The fraction of sp³-hybridized carbons (Fsp3) is 0.588. The van der Waals surface area contributed by atoms with Crippen LogP contribution in [0.2, 0.25) is 0 Å². The van der Waals surface area contributed by atoms with E-state index in [0.29, 0.717) is 11.8 Å². The first-order valence-electron chi connectivity index (χ1n) is 7.92. The van der Waals surface area contributed by atoms with Crippen molar-refractivity contribution in [1.29, 1.82) is 0 Å². The van der Waals surface area contributed by atoms with Crippen molar-refractivity contribution in [3.63, 3.8) is 0 Å². The van der Waals surface area contributed by atoms with Crippen LogP contribution in [0.25, 0.3) is 0 Å². The van der Waals surface area contributed by atoms with Gasteiger partial charge in [-0.3, -0.25) is 4.79 Å². The smallest absolute Gasteiger partial charge is 0.231 e. The summed E-state index contributed by atoms with van der Waals surface area (Å²) >= 11 is 0. The lowest BCUT2D eigenvalue weighted by molar-refractivity contribution is -0.123. The molecule has 0 radical (unpaired) electrons. The van der Waals surface area contributed by atoms with Crippen LogP contribution >= 0.6 is 0 Å². The van der Waals surface area contributed by atoms with Crippen molar-refractivity contribution in [2.75, 3.05) is 24.5 Å². The number of hydrogen-bond donors (Lipinski definition) is 1. The van der Waals surface area contributed by atoms with Crippen LogP contribution in [-0.2, 0) is 4.79 Å². The van der Waals surface area contributed by atoms with E-state index in [9.17, 15) is 4.79 Å². The third-order valence-electron chi connectivity index (χ3n) is 4.65. The van der Waals surface area contributed by atoms with Gasteiger partial charge >= 0.3 is 0 Å². The number of nitrogens with one attached hydrogen (secondary N) is 1. The van der Waals surface area contributed by atoms with E-state index in [1.807, 2.05) is 23.1 Å². The number of carbonyl (C=O) groups excluding carboxylic acids is 1. The summed E-state index contributed by atoms with van der Waals surface area (Å²) < 4.78 is 0. The Hall–Kier alpha value is -1.35. The summed E-state index contributed by atoms with van der Waals surface area (Å²) in [6.45, 7) is 2.80. The highest BCUT2D eigenvalue weighted by molar-refractivity contribution is 5.95. The summed E-state index contributed by atoms with van der Waals surface area (Å²) in [7, 11) is 0. The molecule has 3 nitrogen and oxygen atoms in total. The Kier molecular flexibility index (Phi) is 4.36. The average Bonchev–Trinajstić information content (AvgIpc) is 2.47. The molecule has 0 bridgehead atoms. The van der Waals surface area contributed by atoms with Gasteiger partial charge in [-0.05, 0) is 50.3 Å². The number of amides is 1. The maximum atomic E-state index is 12.9. The summed E-state index contributed by atoms with van der Waals surface area (Å²) in [6, 6.07) is 10.2. The Balaban J connectivity index is 1.74. The zero-order valence-corrected chi connectivity index (χ0v) is 12.1. The van der Waals surface area contributed by atoms with Crippen LogP contribution in [0.5, 0.6) is 0 Å². The van der Waals surface area contributed by atoms with E-state index in [4.69, 9.17) is 0 Å². The van der Waals surface area contributed by atoms with Crippen molar-refractivity contribution in [2.24, 2.45) is 11.8 Å². The lowest BCUT2D eigenvalue weighted by Crippen LogP contribution is -2.45. The van der Waals surface area contributed by atoms with Crippen LogP contribution in [0.4, 0.5) is 5.69 Å². The molecule has 20 heavy (non-hydrogen) atoms. The monoisotopic (exact) mass is 272 g/mol. The summed E-state index contributed by atoms with van der Waals surface area (Å²) in [5.74, 6) is 1.18. The van der Waals surface area contributed by atoms with Crippen molar-refractivity contribution in [1.82, 2.24) is 5.32 Å². The van der Waals surface area contributed by atoms with Crippen molar-refractivity contribution < 1.29 is 4.79 Å². The van der Waals surface area contributed by atoms with Gasteiger partial charge in [0.05, 0.1) is 5.92 Å². The molecule has 1 unspecified atom stereocenters. The molecule has 1 aromatic carbocycles. The fourth-order valence-electron chi connectivity index (χ4n) is 3.15. The molecule has 0 aromatic heterocycles. The molecule has 3 rings (SSSR count). The van der Waals surface area contributed by atoms with Gasteiger partial charge in [0, 0.05) is 18.8 Å². The van der Waals surface area contributed by atoms with Gasteiger partial charge in [-0.1, -0.05) is 24.6 Å². The van der Waals surface area contributed by atoms with Crippen LogP contribution in [0.1, 0.15) is 32.1 Å². The van der Waals surface area contributed by atoms with E-state index >= 15 is 0 Å². The summed E-state index contributed by atoms with van der Waals surface area (Å²) in [6.07, 6.45) is 6.02. The van der Waals surface area contributed by atoms with Crippen LogP contribution < -0.4 is 10.2 Å². The predicted octanol–water partition coefficient (Wildman–Crippen LogP) is 2.82. The number of anilines is 1. The molecule has 2 aliphatic rings. The molecule has 1 amide bonds. The first-order valence-corrected chi connectivity index (χ1v) is 7.92. The van der Waals surface area contributed by atoms with Crippen molar-refractivity contribution in [2.45, 2.75) is 32.1 Å². The number of benzene rings is 1. The number of rotatable bonds is 4. The van der Waals surface area contributed by atoms with E-state index in [-0.39, 0.29) is 5.92 Å². The van der Waals surface area contributed by atoms with Gasteiger partial charge in [-0.25, -0.2) is 0 Å². The molecule has 1 aliphatic heterocycles. The van der Waals surface area contributed by atoms with Gasteiger partial charge in [-0.2, -0.15) is 0 Å². The number of carbonyl (C=O) groups is 1. The molecule has 108 valence electrons. The molecule has 1 saturated heterocycles. The zero-order chi connectivity index (χ0) is 13.8. The quantitative estimate of drug-likeness (QED) is 0.914. The molecular formula is C17H24N2O. The van der Waals surface area contributed by atoms with Gasteiger partial charge in [-0.15, -0.1) is 0 Å². The first-order chi connectivity index (χ1) is 9.84. The van der Waals surface area contributed by atoms with E-state index in [1.165, 1.54) is 19.3 Å². The molecular weight excluding hydrogens is 248 g/mol. The SMILES string of the molecule is O=C(C1CCCNC1)N(CC1CCC1)c1ccccc1. The van der Waals surface area contributed by atoms with Crippen LogP contribution in [0.3, 0.4) is 0 Å². The highest BCUT2D eigenvalue weighted by atomic mass is 16.2. The highest BCUT2D eigenvalue weighted by Gasteiger charge is 2.30. The molecule has 1 N–H and O–H groups in total. The minimum absolute atomic E-state index is 0.157. The highest BCUT2D eigenvalue weighted by Crippen LogP contribution is 2.30. The lowest BCUT2D eigenvalue weighted by atomic mass is 9.84. The van der Waals surface area contributed by atoms with Gasteiger partial charge in [0.2, 0.25) is 5.91 Å². The maximum absolute atomic E-state index is 12.9. The third kappa shape index (κ3) is 3.04. The number of piperidine rings is 1. The van der Waals surface area contributed by atoms with Gasteiger partial charge in [0.25, 0.3) is 0 Å². The van der Waals surface area contributed by atoms with Gasteiger partial charge < -0.3 is 10.2 Å². The standard InChI is InChI=1S/C17H24N2O/c20-17(15-8-5-11-18-12-15)19(13-14-6-4-7-14)16-9-2-1-3-10-16/h1-3,9-10,14-15,18H,4-8,11-13H2. The molecule has 1 aromatic rings. The fourth-order valence-corrected chi connectivity index (χ4v) is 3.15. The van der Waals surface area contributed by atoms with Crippen molar-refractivity contribution in [3.8, 4) is 0 Å². The summed E-state index contributed by atoms with van der Waals surface area (Å²) in [5, 5.41) is 3.36. The molecule has 1 heterocycles. The number of hydrogen-bond acceptors (Lipinski definition) is 2. The molecule has 1 aliphatic carbocycles. The number of para-hydroxylation sites is 1. The molecule has 2 fully saturated rings. The van der Waals surface area contributed by atoms with Gasteiger partial charge in [0.15, 0.2) is 0 Å². The molecule has 1 atom stereocenters. The van der Waals surface area contributed by atoms with Crippen molar-refractivity contribution in [3.05, 3.63) is 30.3 Å². The Morgan fingerprint density at radius 2 is 1.95 bits per heavy atom. The van der Waals surface area contributed by atoms with Crippen LogP contribution in [0.15, 0.2) is 30.3 Å². The normalized spacial score (nSPS) is 23.1. The average molecular weight is 272 g/mol. The lowest BCUT2D eigenvalue weighted by Gasteiger charge is -2.35. The Bertz CT molecular complexity index is 436. The van der Waals surface area contributed by atoms with Crippen LogP contribution in [-0.4, -0.2) is 25.5 Å². The van der Waals surface area contributed by atoms with E-state index in [0.717, 1.165) is 38.2 Å². The minimum Gasteiger partial charge on any atom is -0.316 e. The summed E-state index contributed by atoms with van der Waals surface area (Å²) in [4.78, 5) is 14.9. The minimum atomic E-state index is 0.157. The predicted molar refractivity (Wildman–Crippen MR) is 81.7 cm³/mol. The Morgan fingerprint density at radius 1 is 1.15 bits per heavy atom. The molecule has 1 saturated carbocycles. The van der Waals surface area contributed by atoms with E-state index in [2.05, 4.69) is 17.4 Å². The second-order valence-corrected chi connectivity index (χ2v) is 6.12. The van der Waals surface area contributed by atoms with E-state index in [1.54, 1.807) is 0 Å².